The molecule has 0 heterocycles. The van der Waals surface area contributed by atoms with Crippen molar-refractivity contribution in [1.29, 1.82) is 0 Å². The number of hydrogen-bond donors (Lipinski definition) is 2. The van der Waals surface area contributed by atoms with E-state index in [1.165, 1.54) is 19.1 Å². The van der Waals surface area contributed by atoms with Crippen molar-refractivity contribution in [2.24, 2.45) is 0 Å². The van der Waals surface area contributed by atoms with Gasteiger partial charge in [0.1, 0.15) is 0 Å². The largest absolute Gasteiger partial charge is 0.487 e. The van der Waals surface area contributed by atoms with Crippen molar-refractivity contribution in [2.75, 3.05) is 6.61 Å². The molecule has 0 aromatic heterocycles. The molecule has 0 saturated heterocycles. The molecule has 1 rings (SSSR count). The number of hydrogen-bond acceptors (Lipinski definition) is 7. The maximum absolute atomic E-state index is 12.1. The van der Waals surface area contributed by atoms with Crippen LogP contribution >= 0.6 is 0 Å². The normalized spacial score (nSPS) is 11.4. The van der Waals surface area contributed by atoms with Crippen LogP contribution in [0.3, 0.4) is 0 Å². The Hall–Kier alpha value is -3.17. The first kappa shape index (κ1) is 20.9. The van der Waals surface area contributed by atoms with Crippen LogP contribution in [0.2, 0.25) is 0 Å². The molecule has 10 heteroatoms. The molecule has 0 aliphatic rings. The quantitative estimate of drug-likeness (QED) is 0.425. The molecule has 142 valence electrons. The van der Waals surface area contributed by atoms with Gasteiger partial charge in [0.2, 0.25) is 0 Å². The first-order chi connectivity index (χ1) is 12.1. The molecule has 0 radical (unpaired) electrons. The number of carbonyl (C=O) groups is 3. The Morgan fingerprint density at radius 1 is 1.23 bits per heavy atom. The van der Waals surface area contributed by atoms with Crippen molar-refractivity contribution in [3.63, 3.8) is 0 Å². The van der Waals surface area contributed by atoms with E-state index in [0.717, 1.165) is 6.07 Å². The molecule has 1 aromatic rings. The zero-order valence-corrected chi connectivity index (χ0v) is 14.9. The standard InChI is InChI=1S/C16H21N3O7/c1-5-25-13-7-6-11(8-12(13)19(23)24)15(21)26-10(4)14(20)18-16(22)17-9(2)3/h6-10H,5H2,1-4H3,(H2,17,18,20,22)/t10-/m0/s1. The first-order valence-corrected chi connectivity index (χ1v) is 7.89. The summed E-state index contributed by atoms with van der Waals surface area (Å²) in [7, 11) is 0. The maximum atomic E-state index is 12.1. The number of nitro benzene ring substituents is 1. The number of amides is 3. The van der Waals surface area contributed by atoms with Crippen LogP contribution in [0, 0.1) is 10.1 Å². The average molecular weight is 367 g/mol. The minimum atomic E-state index is -1.27. The van der Waals surface area contributed by atoms with Crippen LogP contribution < -0.4 is 15.4 Å². The third kappa shape index (κ3) is 6.04. The summed E-state index contributed by atoms with van der Waals surface area (Å²) < 4.78 is 10.1. The summed E-state index contributed by atoms with van der Waals surface area (Å²) in [6.45, 7) is 6.60. The van der Waals surface area contributed by atoms with Crippen LogP contribution in [0.5, 0.6) is 5.75 Å². The van der Waals surface area contributed by atoms with Crippen molar-refractivity contribution in [3.05, 3.63) is 33.9 Å². The molecule has 0 bridgehead atoms. The number of ether oxygens (including phenoxy) is 2. The fourth-order valence-corrected chi connectivity index (χ4v) is 1.86. The summed E-state index contributed by atoms with van der Waals surface area (Å²) in [5, 5.41) is 15.6. The number of esters is 1. The van der Waals surface area contributed by atoms with Gasteiger partial charge in [-0.3, -0.25) is 20.2 Å². The number of nitrogens with zero attached hydrogens (tertiary/aromatic N) is 1. The van der Waals surface area contributed by atoms with E-state index in [0.29, 0.717) is 0 Å². The van der Waals surface area contributed by atoms with Crippen LogP contribution in [-0.2, 0) is 9.53 Å². The number of urea groups is 1. The van der Waals surface area contributed by atoms with Crippen LogP contribution in [-0.4, -0.2) is 41.6 Å². The third-order valence-electron chi connectivity index (χ3n) is 3.00. The van der Waals surface area contributed by atoms with Gasteiger partial charge in [-0.25, -0.2) is 9.59 Å². The summed E-state index contributed by atoms with van der Waals surface area (Å²) in [5.74, 6) is -1.75. The van der Waals surface area contributed by atoms with Gasteiger partial charge in [0, 0.05) is 12.1 Å². The molecule has 10 nitrogen and oxygen atoms in total. The molecule has 26 heavy (non-hydrogen) atoms. The first-order valence-electron chi connectivity index (χ1n) is 7.89. The number of nitro groups is 1. The van der Waals surface area contributed by atoms with Gasteiger partial charge >= 0.3 is 17.7 Å². The molecular formula is C16H21N3O7. The van der Waals surface area contributed by atoms with Crippen molar-refractivity contribution < 1.29 is 28.8 Å². The molecule has 1 atom stereocenters. The van der Waals surface area contributed by atoms with Crippen molar-refractivity contribution >= 4 is 23.6 Å². The monoisotopic (exact) mass is 367 g/mol. The fraction of sp³-hybridized carbons (Fsp3) is 0.438. The summed E-state index contributed by atoms with van der Waals surface area (Å²) in [6, 6.07) is 2.67. The molecule has 2 N–H and O–H groups in total. The molecule has 0 spiro atoms. The lowest BCUT2D eigenvalue weighted by Gasteiger charge is -2.14. The number of carbonyl (C=O) groups excluding carboxylic acids is 3. The Bertz CT molecular complexity index is 703. The summed E-state index contributed by atoms with van der Waals surface area (Å²) in [5.41, 5.74) is -0.513. The molecule has 0 fully saturated rings. The third-order valence-corrected chi connectivity index (χ3v) is 3.00. The minimum Gasteiger partial charge on any atom is -0.487 e. The van der Waals surface area contributed by atoms with E-state index in [2.05, 4.69) is 5.32 Å². The number of benzene rings is 1. The van der Waals surface area contributed by atoms with E-state index < -0.39 is 34.6 Å². The van der Waals surface area contributed by atoms with Gasteiger partial charge in [-0.15, -0.1) is 0 Å². The van der Waals surface area contributed by atoms with Gasteiger partial charge in [0.05, 0.1) is 17.1 Å². The van der Waals surface area contributed by atoms with Crippen LogP contribution in [0.1, 0.15) is 38.1 Å². The zero-order chi connectivity index (χ0) is 19.9. The Kier molecular flexibility index (Phi) is 7.51. The second-order valence-corrected chi connectivity index (χ2v) is 5.54. The maximum Gasteiger partial charge on any atom is 0.339 e. The summed E-state index contributed by atoms with van der Waals surface area (Å²) in [6.07, 6.45) is -1.27. The van der Waals surface area contributed by atoms with Gasteiger partial charge < -0.3 is 14.8 Å². The van der Waals surface area contributed by atoms with Crippen LogP contribution in [0.25, 0.3) is 0 Å². The highest BCUT2D eigenvalue weighted by Crippen LogP contribution is 2.28. The second-order valence-electron chi connectivity index (χ2n) is 5.54. The topological polar surface area (TPSA) is 137 Å². The molecule has 0 unspecified atom stereocenters. The highest BCUT2D eigenvalue weighted by atomic mass is 16.6. The van der Waals surface area contributed by atoms with Crippen molar-refractivity contribution in [1.82, 2.24) is 10.6 Å². The number of imide groups is 1. The average Bonchev–Trinajstić information content (AvgIpc) is 2.54. The van der Waals surface area contributed by atoms with Crippen molar-refractivity contribution in [3.8, 4) is 5.75 Å². The predicted octanol–water partition coefficient (Wildman–Crippen LogP) is 1.77. The van der Waals surface area contributed by atoms with E-state index in [1.807, 2.05) is 5.32 Å². The van der Waals surface area contributed by atoms with Gasteiger partial charge in [-0.2, -0.15) is 0 Å². The highest BCUT2D eigenvalue weighted by Gasteiger charge is 2.24. The lowest BCUT2D eigenvalue weighted by atomic mass is 10.2. The van der Waals surface area contributed by atoms with E-state index in [-0.39, 0.29) is 24.0 Å². The Labute approximate surface area is 150 Å². The number of nitrogens with one attached hydrogen (secondary N) is 2. The SMILES string of the molecule is CCOc1ccc(C(=O)O[C@@H](C)C(=O)NC(=O)NC(C)C)cc1[N+](=O)[O-]. The van der Waals surface area contributed by atoms with E-state index >= 15 is 0 Å². The molecular weight excluding hydrogens is 346 g/mol. The highest BCUT2D eigenvalue weighted by molar-refractivity contribution is 5.98. The lowest BCUT2D eigenvalue weighted by molar-refractivity contribution is -0.385. The van der Waals surface area contributed by atoms with Gasteiger partial charge in [0.25, 0.3) is 5.91 Å². The van der Waals surface area contributed by atoms with Gasteiger partial charge in [0.15, 0.2) is 11.9 Å². The molecule has 0 saturated carbocycles. The van der Waals surface area contributed by atoms with E-state index in [9.17, 15) is 24.5 Å². The molecule has 0 aliphatic heterocycles. The van der Waals surface area contributed by atoms with Gasteiger partial charge in [-0.05, 0) is 39.8 Å². The second kappa shape index (κ2) is 9.35. The fourth-order valence-electron chi connectivity index (χ4n) is 1.86. The molecule has 3 amide bonds. The van der Waals surface area contributed by atoms with Crippen LogP contribution in [0.15, 0.2) is 18.2 Å². The summed E-state index contributed by atoms with van der Waals surface area (Å²) >= 11 is 0. The summed E-state index contributed by atoms with van der Waals surface area (Å²) in [4.78, 5) is 45.8. The van der Waals surface area contributed by atoms with Crippen molar-refractivity contribution in [2.45, 2.75) is 39.8 Å². The Balaban J connectivity index is 2.80. The van der Waals surface area contributed by atoms with Gasteiger partial charge in [-0.1, -0.05) is 0 Å². The molecule has 1 aromatic carbocycles. The lowest BCUT2D eigenvalue weighted by Crippen LogP contribution is -2.46. The van der Waals surface area contributed by atoms with E-state index in [1.54, 1.807) is 20.8 Å². The smallest absolute Gasteiger partial charge is 0.339 e. The minimum absolute atomic E-state index is 0.0187. The van der Waals surface area contributed by atoms with E-state index in [4.69, 9.17) is 9.47 Å². The molecule has 0 aliphatic carbocycles. The Morgan fingerprint density at radius 2 is 1.88 bits per heavy atom. The Morgan fingerprint density at radius 3 is 2.42 bits per heavy atom. The zero-order valence-electron chi connectivity index (χ0n) is 14.9. The predicted molar refractivity (Wildman–Crippen MR) is 91.0 cm³/mol. The number of rotatable bonds is 7. The van der Waals surface area contributed by atoms with Crippen LogP contribution in [0.4, 0.5) is 10.5 Å².